The minimum atomic E-state index is 0.0974. The van der Waals surface area contributed by atoms with E-state index in [0.717, 1.165) is 36.3 Å². The summed E-state index contributed by atoms with van der Waals surface area (Å²) in [6.45, 7) is 5.88. The Morgan fingerprint density at radius 2 is 1.62 bits per heavy atom. The molecule has 0 bridgehead atoms. The highest BCUT2D eigenvalue weighted by Gasteiger charge is 2.24. The van der Waals surface area contributed by atoms with Crippen molar-refractivity contribution in [2.75, 3.05) is 39.4 Å². The number of nitrogens with zero attached hydrogens (tertiary/aromatic N) is 2. The number of hydrogen-bond donors (Lipinski definition) is 0. The van der Waals surface area contributed by atoms with Crippen LogP contribution in [0.3, 0.4) is 0 Å². The Bertz CT molecular complexity index is 639. The van der Waals surface area contributed by atoms with Gasteiger partial charge in [-0.1, -0.05) is 19.4 Å². The molecule has 2 amide bonds. The van der Waals surface area contributed by atoms with Gasteiger partial charge in [0.05, 0.1) is 19.6 Å². The van der Waals surface area contributed by atoms with Gasteiger partial charge in [0, 0.05) is 39.0 Å². The Morgan fingerprint density at radius 3 is 2.31 bits per heavy atom. The molecule has 0 atom stereocenters. The topological polar surface area (TPSA) is 59.1 Å². The van der Waals surface area contributed by atoms with Gasteiger partial charge in [0.1, 0.15) is 0 Å². The van der Waals surface area contributed by atoms with Crippen molar-refractivity contribution in [3.63, 3.8) is 0 Å². The van der Waals surface area contributed by atoms with Crippen LogP contribution < -0.4 is 9.47 Å². The van der Waals surface area contributed by atoms with E-state index in [4.69, 9.17) is 9.47 Å². The lowest BCUT2D eigenvalue weighted by Gasteiger charge is -2.35. The number of hydrogen-bond acceptors (Lipinski definition) is 4. The van der Waals surface area contributed by atoms with Crippen LogP contribution in [0.4, 0.5) is 0 Å². The molecular weight excluding hydrogens is 332 g/mol. The lowest BCUT2D eigenvalue weighted by molar-refractivity contribution is -0.139. The molecule has 0 unspecified atom stereocenters. The van der Waals surface area contributed by atoms with Gasteiger partial charge in [0.2, 0.25) is 11.8 Å². The number of amides is 2. The molecule has 0 N–H and O–H groups in total. The average molecular weight is 360 g/mol. The van der Waals surface area contributed by atoms with Crippen LogP contribution in [0.25, 0.3) is 0 Å². The molecule has 26 heavy (non-hydrogen) atoms. The molecule has 1 fully saturated rings. The Morgan fingerprint density at radius 1 is 0.962 bits per heavy atom. The summed E-state index contributed by atoms with van der Waals surface area (Å²) in [6.07, 6.45) is 3.79. The van der Waals surface area contributed by atoms with Crippen molar-refractivity contribution in [1.82, 2.24) is 9.80 Å². The van der Waals surface area contributed by atoms with Gasteiger partial charge >= 0.3 is 0 Å². The molecule has 1 aromatic rings. The normalized spacial score (nSPS) is 17.0. The van der Waals surface area contributed by atoms with Gasteiger partial charge in [-0.25, -0.2) is 0 Å². The largest absolute Gasteiger partial charge is 0.490 e. The summed E-state index contributed by atoms with van der Waals surface area (Å²) in [7, 11) is 0. The second-order valence-electron chi connectivity index (χ2n) is 6.87. The molecule has 3 rings (SSSR count). The van der Waals surface area contributed by atoms with Crippen molar-refractivity contribution >= 4 is 11.8 Å². The van der Waals surface area contributed by atoms with Crippen molar-refractivity contribution in [3.8, 4) is 11.5 Å². The average Bonchev–Trinajstić information content (AvgIpc) is 2.91. The van der Waals surface area contributed by atoms with Crippen LogP contribution in [-0.2, 0) is 16.0 Å². The van der Waals surface area contributed by atoms with Gasteiger partial charge in [-0.2, -0.15) is 0 Å². The first-order valence-electron chi connectivity index (χ1n) is 9.61. The second-order valence-corrected chi connectivity index (χ2v) is 6.87. The Labute approximate surface area is 155 Å². The first kappa shape index (κ1) is 18.5. The zero-order chi connectivity index (χ0) is 18.4. The van der Waals surface area contributed by atoms with Crippen LogP contribution in [0.1, 0.15) is 38.2 Å². The van der Waals surface area contributed by atoms with E-state index in [1.165, 1.54) is 0 Å². The fraction of sp³-hybridized carbons (Fsp3) is 0.600. The Balaban J connectivity index is 1.51. The van der Waals surface area contributed by atoms with Gasteiger partial charge < -0.3 is 19.3 Å². The minimum absolute atomic E-state index is 0.0974. The van der Waals surface area contributed by atoms with Crippen molar-refractivity contribution in [3.05, 3.63) is 23.8 Å². The number of carbonyl (C=O) groups is 2. The van der Waals surface area contributed by atoms with Gasteiger partial charge in [0.15, 0.2) is 11.5 Å². The van der Waals surface area contributed by atoms with E-state index in [1.807, 2.05) is 28.0 Å². The maximum atomic E-state index is 12.6. The van der Waals surface area contributed by atoms with Crippen molar-refractivity contribution in [2.45, 2.75) is 39.0 Å². The molecule has 1 saturated heterocycles. The molecule has 2 heterocycles. The molecule has 6 nitrogen and oxygen atoms in total. The monoisotopic (exact) mass is 360 g/mol. The summed E-state index contributed by atoms with van der Waals surface area (Å²) in [6, 6.07) is 5.71. The zero-order valence-electron chi connectivity index (χ0n) is 15.5. The number of benzene rings is 1. The summed E-state index contributed by atoms with van der Waals surface area (Å²) < 4.78 is 11.3. The summed E-state index contributed by atoms with van der Waals surface area (Å²) in [5, 5.41) is 0. The molecular formula is C20H28N2O4. The van der Waals surface area contributed by atoms with E-state index < -0.39 is 0 Å². The highest BCUT2D eigenvalue weighted by atomic mass is 16.5. The van der Waals surface area contributed by atoms with Crippen molar-refractivity contribution < 1.29 is 19.1 Å². The van der Waals surface area contributed by atoms with Gasteiger partial charge in [0.25, 0.3) is 0 Å². The summed E-state index contributed by atoms with van der Waals surface area (Å²) >= 11 is 0. The van der Waals surface area contributed by atoms with Crippen LogP contribution in [0.2, 0.25) is 0 Å². The number of fused-ring (bicyclic) bond motifs is 1. The molecule has 0 aromatic heterocycles. The summed E-state index contributed by atoms with van der Waals surface area (Å²) in [5.41, 5.74) is 0.931. The van der Waals surface area contributed by atoms with Crippen molar-refractivity contribution in [2.24, 2.45) is 0 Å². The van der Waals surface area contributed by atoms with Gasteiger partial charge in [-0.15, -0.1) is 0 Å². The number of carbonyl (C=O) groups excluding carboxylic acids is 2. The number of rotatable bonds is 5. The fourth-order valence-corrected chi connectivity index (χ4v) is 3.30. The standard InChI is InChI=1S/C20H28N2O4/c1-2-3-5-19(23)21-8-10-22(11-9-21)20(24)15-16-6-7-17-18(14-16)26-13-4-12-25-17/h6-7,14H,2-5,8-13,15H2,1H3. The van der Waals surface area contributed by atoms with Crippen LogP contribution in [0, 0.1) is 0 Å². The molecule has 0 saturated carbocycles. The quantitative estimate of drug-likeness (QED) is 0.808. The third kappa shape index (κ3) is 4.68. The molecule has 2 aliphatic rings. The molecule has 0 aliphatic carbocycles. The maximum Gasteiger partial charge on any atom is 0.227 e. The molecule has 2 aliphatic heterocycles. The predicted octanol–water partition coefficient (Wildman–Crippen LogP) is 2.25. The predicted molar refractivity (Wildman–Crippen MR) is 98.4 cm³/mol. The highest BCUT2D eigenvalue weighted by molar-refractivity contribution is 5.80. The van der Waals surface area contributed by atoms with E-state index in [0.29, 0.717) is 52.2 Å². The SMILES string of the molecule is CCCCC(=O)N1CCN(C(=O)Cc2ccc3c(c2)OCCCO3)CC1. The number of piperazine rings is 1. The first-order chi connectivity index (χ1) is 12.7. The van der Waals surface area contributed by atoms with E-state index >= 15 is 0 Å². The third-order valence-electron chi connectivity index (χ3n) is 4.90. The van der Waals surface area contributed by atoms with Crippen LogP contribution in [0.5, 0.6) is 11.5 Å². The van der Waals surface area contributed by atoms with E-state index in [2.05, 4.69) is 6.92 Å². The van der Waals surface area contributed by atoms with Crippen molar-refractivity contribution in [1.29, 1.82) is 0 Å². The summed E-state index contributed by atoms with van der Waals surface area (Å²) in [4.78, 5) is 28.4. The second kappa shape index (κ2) is 8.92. The van der Waals surface area contributed by atoms with Gasteiger partial charge in [-0.05, 0) is 24.1 Å². The maximum absolute atomic E-state index is 12.6. The third-order valence-corrected chi connectivity index (χ3v) is 4.90. The fourth-order valence-electron chi connectivity index (χ4n) is 3.30. The van der Waals surface area contributed by atoms with E-state index in [1.54, 1.807) is 0 Å². The number of unbranched alkanes of at least 4 members (excludes halogenated alkanes) is 1. The summed E-state index contributed by atoms with van der Waals surface area (Å²) in [5.74, 6) is 1.78. The van der Waals surface area contributed by atoms with E-state index in [-0.39, 0.29) is 11.8 Å². The molecule has 6 heteroatoms. The van der Waals surface area contributed by atoms with Crippen LogP contribution >= 0.6 is 0 Å². The Hall–Kier alpha value is -2.24. The van der Waals surface area contributed by atoms with E-state index in [9.17, 15) is 9.59 Å². The molecule has 142 valence electrons. The lowest BCUT2D eigenvalue weighted by Crippen LogP contribution is -2.50. The lowest BCUT2D eigenvalue weighted by atomic mass is 10.1. The highest BCUT2D eigenvalue weighted by Crippen LogP contribution is 2.30. The minimum Gasteiger partial charge on any atom is -0.490 e. The zero-order valence-corrected chi connectivity index (χ0v) is 15.5. The first-order valence-corrected chi connectivity index (χ1v) is 9.61. The molecule has 1 aromatic carbocycles. The van der Waals surface area contributed by atoms with Gasteiger partial charge in [-0.3, -0.25) is 9.59 Å². The molecule has 0 spiro atoms. The van der Waals surface area contributed by atoms with Crippen LogP contribution in [0.15, 0.2) is 18.2 Å². The smallest absolute Gasteiger partial charge is 0.227 e. The Kier molecular flexibility index (Phi) is 6.36. The number of ether oxygens (including phenoxy) is 2. The molecule has 0 radical (unpaired) electrons. The van der Waals surface area contributed by atoms with Crippen LogP contribution in [-0.4, -0.2) is 61.0 Å².